The first-order valence-electron chi connectivity index (χ1n) is 11.4. The monoisotopic (exact) mass is 486 g/mol. The van der Waals surface area contributed by atoms with Gasteiger partial charge in [0.05, 0.1) is 0 Å². The average Bonchev–Trinajstić information content (AvgIpc) is 2.90. The van der Waals surface area contributed by atoms with E-state index in [1.54, 1.807) is 24.1 Å². The van der Waals surface area contributed by atoms with Crippen LogP contribution in [0, 0.1) is 0 Å². The van der Waals surface area contributed by atoms with Crippen molar-refractivity contribution in [2.45, 2.75) is 19.0 Å². The summed E-state index contributed by atoms with van der Waals surface area (Å²) in [7, 11) is 1.58. The molecule has 1 N–H and O–H groups in total. The van der Waals surface area contributed by atoms with E-state index in [1.165, 1.54) is 0 Å². The first-order chi connectivity index (χ1) is 17.0. The van der Waals surface area contributed by atoms with Gasteiger partial charge in [-0.3, -0.25) is 9.59 Å². The van der Waals surface area contributed by atoms with Gasteiger partial charge in [-0.1, -0.05) is 90.5 Å². The Bertz CT molecular complexity index is 1290. The van der Waals surface area contributed by atoms with Crippen LogP contribution in [-0.2, 0) is 22.6 Å². The van der Waals surface area contributed by atoms with Gasteiger partial charge in [-0.25, -0.2) is 0 Å². The Morgan fingerprint density at radius 3 is 2.29 bits per heavy atom. The van der Waals surface area contributed by atoms with E-state index in [1.807, 2.05) is 84.9 Å². The third-order valence-corrected chi connectivity index (χ3v) is 6.14. The molecule has 0 heterocycles. The fourth-order valence-electron chi connectivity index (χ4n) is 4.05. The molecule has 0 aliphatic rings. The Balaban J connectivity index is 1.61. The quantitative estimate of drug-likeness (QED) is 0.351. The minimum absolute atomic E-state index is 0.191. The van der Waals surface area contributed by atoms with Gasteiger partial charge < -0.3 is 15.0 Å². The summed E-state index contributed by atoms with van der Waals surface area (Å²) < 4.78 is 5.99. The second-order valence-corrected chi connectivity index (χ2v) is 8.67. The van der Waals surface area contributed by atoms with Crippen LogP contribution in [0.5, 0.6) is 5.75 Å². The maximum absolute atomic E-state index is 13.6. The molecule has 0 saturated heterocycles. The van der Waals surface area contributed by atoms with Crippen LogP contribution < -0.4 is 10.1 Å². The van der Waals surface area contributed by atoms with Gasteiger partial charge in [-0.15, -0.1) is 0 Å². The maximum Gasteiger partial charge on any atom is 0.261 e. The van der Waals surface area contributed by atoms with Crippen LogP contribution in [-0.4, -0.2) is 36.4 Å². The number of carbonyl (C=O) groups excluding carboxylic acids is 2. The van der Waals surface area contributed by atoms with Crippen LogP contribution in [0.3, 0.4) is 0 Å². The zero-order valence-electron chi connectivity index (χ0n) is 19.5. The maximum atomic E-state index is 13.6. The van der Waals surface area contributed by atoms with Crippen molar-refractivity contribution < 1.29 is 14.3 Å². The molecule has 4 rings (SSSR count). The largest absolute Gasteiger partial charge is 0.483 e. The van der Waals surface area contributed by atoms with Gasteiger partial charge in [0.1, 0.15) is 11.8 Å². The van der Waals surface area contributed by atoms with Crippen LogP contribution in [0.4, 0.5) is 0 Å². The molecule has 2 amide bonds. The molecule has 0 aliphatic carbocycles. The predicted molar refractivity (Wildman–Crippen MR) is 139 cm³/mol. The van der Waals surface area contributed by atoms with Gasteiger partial charge in [0, 0.05) is 30.4 Å². The predicted octanol–water partition coefficient (Wildman–Crippen LogP) is 5.26. The number of likely N-dealkylation sites (N-methyl/N-ethyl adjacent to an activating group) is 1. The number of nitrogens with zero attached hydrogens (tertiary/aromatic N) is 1. The molecule has 4 aromatic carbocycles. The average molecular weight is 487 g/mol. The van der Waals surface area contributed by atoms with Gasteiger partial charge in [0.15, 0.2) is 6.61 Å². The van der Waals surface area contributed by atoms with Crippen LogP contribution >= 0.6 is 11.6 Å². The first kappa shape index (κ1) is 24.3. The molecule has 0 saturated carbocycles. The van der Waals surface area contributed by atoms with E-state index in [4.69, 9.17) is 16.3 Å². The number of hydrogen-bond acceptors (Lipinski definition) is 3. The number of nitrogens with one attached hydrogen (secondary N) is 1. The number of fused-ring (bicyclic) bond motifs is 1. The number of carbonyl (C=O) groups is 2. The fraction of sp³-hybridized carbons (Fsp3) is 0.172. The number of benzene rings is 4. The van der Waals surface area contributed by atoms with E-state index >= 15 is 0 Å². The highest BCUT2D eigenvalue weighted by Gasteiger charge is 2.30. The lowest BCUT2D eigenvalue weighted by atomic mass is 10.0. The molecular formula is C29H27ClN2O3. The molecule has 1 unspecified atom stereocenters. The summed E-state index contributed by atoms with van der Waals surface area (Å²) in [5.41, 5.74) is 1.83. The van der Waals surface area contributed by atoms with Gasteiger partial charge >= 0.3 is 0 Å². The summed E-state index contributed by atoms with van der Waals surface area (Å²) in [5, 5.41) is 5.29. The molecule has 178 valence electrons. The van der Waals surface area contributed by atoms with E-state index in [9.17, 15) is 9.59 Å². The minimum atomic E-state index is -0.707. The Hall–Kier alpha value is -3.83. The van der Waals surface area contributed by atoms with Crippen molar-refractivity contribution >= 4 is 34.2 Å². The van der Waals surface area contributed by atoms with Gasteiger partial charge in [-0.2, -0.15) is 0 Å². The van der Waals surface area contributed by atoms with Crippen molar-refractivity contribution in [1.82, 2.24) is 10.2 Å². The van der Waals surface area contributed by atoms with Crippen molar-refractivity contribution in [2.24, 2.45) is 0 Å². The normalized spacial score (nSPS) is 11.6. The third kappa shape index (κ3) is 6.19. The Morgan fingerprint density at radius 2 is 1.54 bits per heavy atom. The third-order valence-electron chi connectivity index (χ3n) is 5.88. The van der Waals surface area contributed by atoms with Crippen LogP contribution in [0.2, 0.25) is 5.02 Å². The lowest BCUT2D eigenvalue weighted by molar-refractivity contribution is -0.142. The van der Waals surface area contributed by atoms with Crippen molar-refractivity contribution in [2.75, 3.05) is 13.7 Å². The van der Waals surface area contributed by atoms with E-state index in [0.717, 1.165) is 21.9 Å². The van der Waals surface area contributed by atoms with E-state index in [2.05, 4.69) is 5.32 Å². The van der Waals surface area contributed by atoms with Crippen molar-refractivity contribution in [1.29, 1.82) is 0 Å². The smallest absolute Gasteiger partial charge is 0.261 e. The molecule has 0 aliphatic heterocycles. The summed E-state index contributed by atoms with van der Waals surface area (Å²) in [6, 6.07) is 29.8. The summed E-state index contributed by atoms with van der Waals surface area (Å²) >= 11 is 6.05. The summed E-state index contributed by atoms with van der Waals surface area (Å²) in [4.78, 5) is 28.1. The molecule has 0 radical (unpaired) electrons. The number of hydrogen-bond donors (Lipinski definition) is 1. The summed E-state index contributed by atoms with van der Waals surface area (Å²) in [6.45, 7) is 0.0592. The molecule has 5 nitrogen and oxygen atoms in total. The number of halogens is 1. The molecule has 0 bridgehead atoms. The summed E-state index contributed by atoms with van der Waals surface area (Å²) in [6.07, 6.45) is 0.383. The van der Waals surface area contributed by atoms with Crippen molar-refractivity contribution in [3.8, 4) is 5.75 Å². The van der Waals surface area contributed by atoms with Crippen molar-refractivity contribution in [3.05, 3.63) is 113 Å². The molecule has 35 heavy (non-hydrogen) atoms. The van der Waals surface area contributed by atoms with Gasteiger partial charge in [0.2, 0.25) is 5.91 Å². The topological polar surface area (TPSA) is 58.6 Å². The molecule has 1 atom stereocenters. The second kappa shape index (κ2) is 11.5. The Morgan fingerprint density at radius 1 is 0.857 bits per heavy atom. The van der Waals surface area contributed by atoms with Gasteiger partial charge in [-0.05, 0) is 34.7 Å². The Labute approximate surface area is 210 Å². The fourth-order valence-corrected chi connectivity index (χ4v) is 4.18. The van der Waals surface area contributed by atoms with Crippen LogP contribution in [0.25, 0.3) is 10.8 Å². The Kier molecular flexibility index (Phi) is 8.01. The summed E-state index contributed by atoms with van der Waals surface area (Å²) in [5.74, 6) is 0.112. The van der Waals surface area contributed by atoms with Crippen LogP contribution in [0.1, 0.15) is 11.1 Å². The highest BCUT2D eigenvalue weighted by atomic mass is 35.5. The second-order valence-electron chi connectivity index (χ2n) is 8.23. The van der Waals surface area contributed by atoms with Gasteiger partial charge in [0.25, 0.3) is 5.91 Å². The molecule has 0 spiro atoms. The molecule has 0 fully saturated rings. The highest BCUT2D eigenvalue weighted by Crippen LogP contribution is 2.25. The highest BCUT2D eigenvalue weighted by molar-refractivity contribution is 6.30. The van der Waals surface area contributed by atoms with E-state index in [-0.39, 0.29) is 25.0 Å². The molecule has 4 aromatic rings. The van der Waals surface area contributed by atoms with E-state index in [0.29, 0.717) is 17.2 Å². The van der Waals surface area contributed by atoms with Crippen LogP contribution in [0.15, 0.2) is 97.1 Å². The zero-order valence-corrected chi connectivity index (χ0v) is 20.2. The SMILES string of the molecule is CNC(=O)C(Cc1ccccc1)N(Cc1ccc(Cl)cc1)C(=O)COc1cccc2ccccc12. The number of rotatable bonds is 9. The lowest BCUT2D eigenvalue weighted by Gasteiger charge is -2.31. The zero-order chi connectivity index (χ0) is 24.6. The minimum Gasteiger partial charge on any atom is -0.483 e. The molecule has 0 aromatic heterocycles. The standard InChI is InChI=1S/C29H27ClN2O3/c1-31-29(34)26(18-21-8-3-2-4-9-21)32(19-22-14-16-24(30)17-15-22)28(33)20-35-27-13-7-11-23-10-5-6-12-25(23)27/h2-17,26H,18-20H2,1H3,(H,31,34). The molecular weight excluding hydrogens is 460 g/mol. The van der Waals surface area contributed by atoms with E-state index < -0.39 is 6.04 Å². The molecule has 6 heteroatoms. The number of ether oxygens (including phenoxy) is 1. The van der Waals surface area contributed by atoms with Crippen molar-refractivity contribution in [3.63, 3.8) is 0 Å². The number of amides is 2. The lowest BCUT2D eigenvalue weighted by Crippen LogP contribution is -2.51. The first-order valence-corrected chi connectivity index (χ1v) is 11.8.